The summed E-state index contributed by atoms with van der Waals surface area (Å²) in [5.74, 6) is 1.18. The molecule has 0 bridgehead atoms. The topological polar surface area (TPSA) is 15.6 Å². The summed E-state index contributed by atoms with van der Waals surface area (Å²) in [7, 11) is 2.08. The fraction of sp³-hybridized carbons (Fsp3) is 0.833. The smallest absolute Gasteiger partial charge is 0.0954 e. The van der Waals surface area contributed by atoms with E-state index in [1.165, 1.54) is 18.8 Å². The Morgan fingerprint density at radius 1 is 1.40 bits per heavy atom. The number of halogens is 2. The number of aliphatic imine (C=N–C) groups is 1. The standard InChI is InChI=1S/C6H12N2.2HI/c1-6-7-4-3-5-8(6)2;;/h3-5H2,1-2H3;2*1H. The van der Waals surface area contributed by atoms with Gasteiger partial charge in [-0.3, -0.25) is 4.99 Å². The Morgan fingerprint density at radius 2 is 2.00 bits per heavy atom. The van der Waals surface area contributed by atoms with Crippen LogP contribution in [0.25, 0.3) is 0 Å². The molecule has 0 fully saturated rings. The highest BCUT2D eigenvalue weighted by atomic mass is 127. The lowest BCUT2D eigenvalue weighted by Gasteiger charge is -2.21. The zero-order chi connectivity index (χ0) is 5.98. The highest BCUT2D eigenvalue weighted by Crippen LogP contribution is 1.97. The van der Waals surface area contributed by atoms with Gasteiger partial charge in [-0.1, -0.05) is 0 Å². The van der Waals surface area contributed by atoms with E-state index in [0.717, 1.165) is 6.54 Å². The molecule has 4 heteroatoms. The Hall–Kier alpha value is 0.930. The Labute approximate surface area is 96.5 Å². The molecule has 0 N–H and O–H groups in total. The van der Waals surface area contributed by atoms with Crippen LogP contribution in [0.5, 0.6) is 0 Å². The highest BCUT2D eigenvalue weighted by Gasteiger charge is 2.03. The molecule has 0 aliphatic carbocycles. The number of amidine groups is 1. The van der Waals surface area contributed by atoms with E-state index in [1.54, 1.807) is 0 Å². The molecule has 0 saturated heterocycles. The van der Waals surface area contributed by atoms with Crippen molar-refractivity contribution >= 4 is 53.8 Å². The molecular formula is C6H14I2N2. The normalized spacial score (nSPS) is 16.6. The molecule has 2 nitrogen and oxygen atoms in total. The molecule has 0 aromatic carbocycles. The van der Waals surface area contributed by atoms with Gasteiger partial charge in [0.1, 0.15) is 0 Å². The van der Waals surface area contributed by atoms with E-state index in [4.69, 9.17) is 0 Å². The molecule has 0 atom stereocenters. The zero-order valence-corrected chi connectivity index (χ0v) is 11.0. The van der Waals surface area contributed by atoms with Gasteiger partial charge < -0.3 is 4.90 Å². The highest BCUT2D eigenvalue weighted by molar-refractivity contribution is 14.0. The van der Waals surface area contributed by atoms with E-state index in [-0.39, 0.29) is 48.0 Å². The summed E-state index contributed by atoms with van der Waals surface area (Å²) >= 11 is 0. The summed E-state index contributed by atoms with van der Waals surface area (Å²) in [6, 6.07) is 0. The maximum Gasteiger partial charge on any atom is 0.0954 e. The average molecular weight is 368 g/mol. The minimum atomic E-state index is 0. The van der Waals surface area contributed by atoms with Gasteiger partial charge in [0, 0.05) is 20.1 Å². The lowest BCUT2D eigenvalue weighted by atomic mass is 10.3. The van der Waals surface area contributed by atoms with Gasteiger partial charge in [-0.05, 0) is 13.3 Å². The Morgan fingerprint density at radius 3 is 2.30 bits per heavy atom. The maximum atomic E-state index is 4.25. The molecule has 1 rings (SSSR count). The average Bonchev–Trinajstić information content (AvgIpc) is 1.77. The summed E-state index contributed by atoms with van der Waals surface area (Å²) in [5, 5.41) is 0. The van der Waals surface area contributed by atoms with Crippen LogP contribution >= 0.6 is 48.0 Å². The third-order valence-electron chi connectivity index (χ3n) is 1.54. The first-order valence-corrected chi connectivity index (χ1v) is 3.03. The fourth-order valence-corrected chi connectivity index (χ4v) is 0.831. The lowest BCUT2D eigenvalue weighted by Crippen LogP contribution is -2.29. The van der Waals surface area contributed by atoms with Crippen molar-refractivity contribution in [2.45, 2.75) is 13.3 Å². The molecule has 62 valence electrons. The molecule has 1 aliphatic rings. The predicted molar refractivity (Wildman–Crippen MR) is 66.1 cm³/mol. The molecule has 0 spiro atoms. The van der Waals surface area contributed by atoms with E-state index in [2.05, 4.69) is 23.9 Å². The number of hydrogen-bond acceptors (Lipinski definition) is 2. The van der Waals surface area contributed by atoms with E-state index in [0.29, 0.717) is 0 Å². The van der Waals surface area contributed by atoms with Crippen LogP contribution in [0.3, 0.4) is 0 Å². The third-order valence-corrected chi connectivity index (χ3v) is 1.54. The monoisotopic (exact) mass is 368 g/mol. The second-order valence-corrected chi connectivity index (χ2v) is 2.20. The van der Waals surface area contributed by atoms with Crippen LogP contribution in [0.15, 0.2) is 4.99 Å². The van der Waals surface area contributed by atoms with Gasteiger partial charge in [0.25, 0.3) is 0 Å². The molecule has 10 heavy (non-hydrogen) atoms. The minimum absolute atomic E-state index is 0. The third kappa shape index (κ3) is 3.95. The van der Waals surface area contributed by atoms with Crippen molar-refractivity contribution in [2.75, 3.05) is 20.1 Å². The molecule has 0 radical (unpaired) electrons. The summed E-state index contributed by atoms with van der Waals surface area (Å²) < 4.78 is 0. The second-order valence-electron chi connectivity index (χ2n) is 2.20. The Balaban J connectivity index is 0. The van der Waals surface area contributed by atoms with Crippen molar-refractivity contribution in [1.82, 2.24) is 4.90 Å². The summed E-state index contributed by atoms with van der Waals surface area (Å²) in [6.07, 6.45) is 1.22. The van der Waals surface area contributed by atoms with E-state index in [1.807, 2.05) is 0 Å². The fourth-order valence-electron chi connectivity index (χ4n) is 0.831. The molecule has 0 aromatic rings. The van der Waals surface area contributed by atoms with Gasteiger partial charge in [-0.25, -0.2) is 0 Å². The van der Waals surface area contributed by atoms with E-state index >= 15 is 0 Å². The largest absolute Gasteiger partial charge is 0.364 e. The van der Waals surface area contributed by atoms with Crippen molar-refractivity contribution < 1.29 is 0 Å². The van der Waals surface area contributed by atoms with Crippen LogP contribution in [0.1, 0.15) is 13.3 Å². The number of hydrogen-bond donors (Lipinski definition) is 0. The van der Waals surface area contributed by atoms with Crippen LogP contribution in [-0.4, -0.2) is 30.9 Å². The van der Waals surface area contributed by atoms with Crippen LogP contribution < -0.4 is 0 Å². The van der Waals surface area contributed by atoms with Gasteiger partial charge in [-0.15, -0.1) is 48.0 Å². The summed E-state index contributed by atoms with van der Waals surface area (Å²) in [4.78, 5) is 6.44. The predicted octanol–water partition coefficient (Wildman–Crippen LogP) is 1.98. The first-order valence-electron chi connectivity index (χ1n) is 3.03. The quantitative estimate of drug-likeness (QED) is 0.598. The first-order chi connectivity index (χ1) is 3.80. The Bertz CT molecular complexity index is 114. The van der Waals surface area contributed by atoms with Crippen molar-refractivity contribution in [3.8, 4) is 0 Å². The van der Waals surface area contributed by atoms with Gasteiger partial charge in [0.15, 0.2) is 0 Å². The molecule has 1 heterocycles. The molecule has 0 aromatic heterocycles. The SMILES string of the molecule is CC1=NCCCN1C.I.I. The summed E-state index contributed by atoms with van der Waals surface area (Å²) in [5.41, 5.74) is 0. The maximum absolute atomic E-state index is 4.25. The van der Waals surface area contributed by atoms with Crippen LogP contribution in [-0.2, 0) is 0 Å². The van der Waals surface area contributed by atoms with Crippen molar-refractivity contribution in [3.05, 3.63) is 0 Å². The van der Waals surface area contributed by atoms with Crippen molar-refractivity contribution in [3.63, 3.8) is 0 Å². The molecule has 1 aliphatic heterocycles. The molecular weight excluding hydrogens is 354 g/mol. The Kier molecular flexibility index (Phi) is 8.96. The van der Waals surface area contributed by atoms with E-state index in [9.17, 15) is 0 Å². The second kappa shape index (κ2) is 6.63. The zero-order valence-electron chi connectivity index (χ0n) is 6.33. The van der Waals surface area contributed by atoms with Gasteiger partial charge >= 0.3 is 0 Å². The van der Waals surface area contributed by atoms with Crippen LogP contribution in [0.4, 0.5) is 0 Å². The van der Waals surface area contributed by atoms with Crippen LogP contribution in [0.2, 0.25) is 0 Å². The summed E-state index contributed by atoms with van der Waals surface area (Å²) in [6.45, 7) is 4.25. The number of rotatable bonds is 0. The van der Waals surface area contributed by atoms with Gasteiger partial charge in [0.2, 0.25) is 0 Å². The van der Waals surface area contributed by atoms with Gasteiger partial charge in [0.05, 0.1) is 5.84 Å². The molecule has 0 amide bonds. The lowest BCUT2D eigenvalue weighted by molar-refractivity contribution is 0.464. The molecule has 0 unspecified atom stereocenters. The van der Waals surface area contributed by atoms with E-state index < -0.39 is 0 Å². The minimum Gasteiger partial charge on any atom is -0.364 e. The first kappa shape index (κ1) is 13.5. The van der Waals surface area contributed by atoms with Gasteiger partial charge in [-0.2, -0.15) is 0 Å². The van der Waals surface area contributed by atoms with Crippen molar-refractivity contribution in [2.24, 2.45) is 4.99 Å². The number of nitrogens with zero attached hydrogens (tertiary/aromatic N) is 2. The molecule has 0 saturated carbocycles. The van der Waals surface area contributed by atoms with Crippen molar-refractivity contribution in [1.29, 1.82) is 0 Å². The van der Waals surface area contributed by atoms with Crippen LogP contribution in [0, 0.1) is 0 Å².